The minimum absolute atomic E-state index is 0.0276. The van der Waals surface area contributed by atoms with Gasteiger partial charge in [-0.25, -0.2) is 4.68 Å². The lowest BCUT2D eigenvalue weighted by Crippen LogP contribution is -1.99. The molecule has 0 aliphatic carbocycles. The van der Waals surface area contributed by atoms with E-state index in [2.05, 4.69) is 21.0 Å². The van der Waals surface area contributed by atoms with Crippen molar-refractivity contribution in [3.05, 3.63) is 46.2 Å². The number of hydrogen-bond donors (Lipinski definition) is 1. The fourth-order valence-corrected chi connectivity index (χ4v) is 1.85. The van der Waals surface area contributed by atoms with Crippen molar-refractivity contribution in [1.82, 2.24) is 9.78 Å². The molecular weight excluding hydrogens is 256 g/mol. The van der Waals surface area contributed by atoms with Crippen LogP contribution in [-0.2, 0) is 6.61 Å². The van der Waals surface area contributed by atoms with Crippen molar-refractivity contribution in [2.75, 3.05) is 0 Å². The summed E-state index contributed by atoms with van der Waals surface area (Å²) in [6.45, 7) is 1.97. The minimum atomic E-state index is 0.0276. The lowest BCUT2D eigenvalue weighted by Gasteiger charge is -2.05. The van der Waals surface area contributed by atoms with Crippen LogP contribution >= 0.6 is 15.9 Å². The molecule has 0 spiro atoms. The number of benzene rings is 1. The second kappa shape index (κ2) is 4.16. The first-order valence-corrected chi connectivity index (χ1v) is 5.42. The molecule has 0 unspecified atom stereocenters. The fourth-order valence-electron chi connectivity index (χ4n) is 1.47. The van der Waals surface area contributed by atoms with E-state index >= 15 is 0 Å². The molecule has 0 bridgehead atoms. The molecule has 4 heteroatoms. The number of aliphatic hydroxyl groups is 1. The third-order valence-electron chi connectivity index (χ3n) is 2.33. The van der Waals surface area contributed by atoms with Crippen molar-refractivity contribution < 1.29 is 5.11 Å². The molecule has 0 amide bonds. The van der Waals surface area contributed by atoms with Gasteiger partial charge in [0, 0.05) is 15.7 Å². The molecule has 1 aromatic heterocycles. The maximum absolute atomic E-state index is 9.07. The molecule has 3 nitrogen and oxygen atoms in total. The van der Waals surface area contributed by atoms with Crippen LogP contribution < -0.4 is 0 Å². The minimum Gasteiger partial charge on any atom is -0.392 e. The first kappa shape index (κ1) is 10.4. The van der Waals surface area contributed by atoms with Crippen LogP contribution in [0.25, 0.3) is 5.69 Å². The normalized spacial score (nSPS) is 10.6. The Morgan fingerprint density at radius 3 is 2.87 bits per heavy atom. The van der Waals surface area contributed by atoms with E-state index < -0.39 is 0 Å². The Morgan fingerprint density at radius 2 is 2.27 bits per heavy atom. The van der Waals surface area contributed by atoms with Crippen LogP contribution in [0.2, 0.25) is 0 Å². The zero-order valence-corrected chi connectivity index (χ0v) is 9.90. The number of halogens is 1. The van der Waals surface area contributed by atoms with Crippen molar-refractivity contribution in [3.63, 3.8) is 0 Å². The molecule has 0 aliphatic rings. The van der Waals surface area contributed by atoms with Crippen molar-refractivity contribution in [2.24, 2.45) is 0 Å². The van der Waals surface area contributed by atoms with Gasteiger partial charge in [0.25, 0.3) is 0 Å². The van der Waals surface area contributed by atoms with Crippen LogP contribution in [0.15, 0.2) is 34.9 Å². The molecule has 0 radical (unpaired) electrons. The van der Waals surface area contributed by atoms with E-state index in [1.54, 1.807) is 6.20 Å². The van der Waals surface area contributed by atoms with Crippen LogP contribution in [0.4, 0.5) is 0 Å². The summed E-state index contributed by atoms with van der Waals surface area (Å²) in [5.41, 5.74) is 2.81. The van der Waals surface area contributed by atoms with Gasteiger partial charge in [-0.15, -0.1) is 0 Å². The number of rotatable bonds is 2. The molecule has 2 rings (SSSR count). The van der Waals surface area contributed by atoms with Crippen molar-refractivity contribution in [2.45, 2.75) is 13.5 Å². The predicted molar refractivity (Wildman–Crippen MR) is 61.9 cm³/mol. The molecule has 0 atom stereocenters. The van der Waals surface area contributed by atoms with Crippen LogP contribution in [0, 0.1) is 6.92 Å². The molecule has 0 saturated carbocycles. The lowest BCUT2D eigenvalue weighted by molar-refractivity contribution is 0.281. The number of aromatic nitrogens is 2. The summed E-state index contributed by atoms with van der Waals surface area (Å²) in [4.78, 5) is 0. The van der Waals surface area contributed by atoms with E-state index in [1.807, 2.05) is 35.9 Å². The maximum atomic E-state index is 9.07. The Bertz CT molecular complexity index is 479. The highest BCUT2D eigenvalue weighted by molar-refractivity contribution is 9.10. The van der Waals surface area contributed by atoms with Gasteiger partial charge in [0.05, 0.1) is 18.5 Å². The monoisotopic (exact) mass is 266 g/mol. The Labute approximate surface area is 96.5 Å². The smallest absolute Gasteiger partial charge is 0.0715 e. The highest BCUT2D eigenvalue weighted by Crippen LogP contribution is 2.18. The molecule has 2 aromatic rings. The number of aliphatic hydroxyl groups excluding tert-OH is 1. The standard InChI is InChI=1S/C11H11BrN2O/c1-8-9(7-15)6-13-14(8)11-4-2-3-10(12)5-11/h2-6,15H,7H2,1H3. The number of hydrogen-bond acceptors (Lipinski definition) is 2. The van der Waals surface area contributed by atoms with Gasteiger partial charge in [0.15, 0.2) is 0 Å². The van der Waals surface area contributed by atoms with Gasteiger partial charge in [-0.3, -0.25) is 0 Å². The maximum Gasteiger partial charge on any atom is 0.0715 e. The largest absolute Gasteiger partial charge is 0.392 e. The fraction of sp³-hybridized carbons (Fsp3) is 0.182. The Hall–Kier alpha value is -1.13. The molecule has 1 aromatic carbocycles. The van der Waals surface area contributed by atoms with E-state index in [-0.39, 0.29) is 6.61 Å². The highest BCUT2D eigenvalue weighted by atomic mass is 79.9. The molecule has 1 N–H and O–H groups in total. The van der Waals surface area contributed by atoms with Crippen LogP contribution in [-0.4, -0.2) is 14.9 Å². The Kier molecular flexibility index (Phi) is 2.88. The van der Waals surface area contributed by atoms with E-state index in [0.717, 1.165) is 21.4 Å². The zero-order chi connectivity index (χ0) is 10.8. The third kappa shape index (κ3) is 1.96. The second-order valence-corrected chi connectivity index (χ2v) is 4.22. The summed E-state index contributed by atoms with van der Waals surface area (Å²) in [7, 11) is 0. The molecule has 0 saturated heterocycles. The van der Waals surface area contributed by atoms with Gasteiger partial charge in [-0.05, 0) is 25.1 Å². The molecule has 78 valence electrons. The summed E-state index contributed by atoms with van der Waals surface area (Å²) in [5, 5.41) is 13.3. The zero-order valence-electron chi connectivity index (χ0n) is 8.31. The van der Waals surface area contributed by atoms with Crippen molar-refractivity contribution >= 4 is 15.9 Å². The predicted octanol–water partition coefficient (Wildman–Crippen LogP) is 2.44. The molecule has 0 fully saturated rings. The highest BCUT2D eigenvalue weighted by Gasteiger charge is 2.06. The Morgan fingerprint density at radius 1 is 1.47 bits per heavy atom. The first-order chi connectivity index (χ1) is 7.22. The summed E-state index contributed by atoms with van der Waals surface area (Å²) in [6.07, 6.45) is 1.69. The summed E-state index contributed by atoms with van der Waals surface area (Å²) in [5.74, 6) is 0. The lowest BCUT2D eigenvalue weighted by atomic mass is 10.2. The van der Waals surface area contributed by atoms with E-state index in [0.29, 0.717) is 0 Å². The van der Waals surface area contributed by atoms with Crippen LogP contribution in [0.5, 0.6) is 0 Å². The first-order valence-electron chi connectivity index (χ1n) is 4.62. The summed E-state index contributed by atoms with van der Waals surface area (Å²) >= 11 is 3.42. The second-order valence-electron chi connectivity index (χ2n) is 3.31. The molecule has 0 aliphatic heterocycles. The molecule has 1 heterocycles. The summed E-state index contributed by atoms with van der Waals surface area (Å²) in [6, 6.07) is 7.89. The molecule has 15 heavy (non-hydrogen) atoms. The summed E-state index contributed by atoms with van der Waals surface area (Å²) < 4.78 is 2.83. The average molecular weight is 267 g/mol. The van der Waals surface area contributed by atoms with Gasteiger partial charge in [-0.1, -0.05) is 22.0 Å². The van der Waals surface area contributed by atoms with E-state index in [9.17, 15) is 0 Å². The van der Waals surface area contributed by atoms with Crippen molar-refractivity contribution in [3.8, 4) is 5.69 Å². The quantitative estimate of drug-likeness (QED) is 0.907. The van der Waals surface area contributed by atoms with Gasteiger partial charge < -0.3 is 5.11 Å². The van der Waals surface area contributed by atoms with E-state index in [1.165, 1.54) is 0 Å². The number of nitrogens with zero attached hydrogens (tertiary/aromatic N) is 2. The SMILES string of the molecule is Cc1c(CO)cnn1-c1cccc(Br)c1. The van der Waals surface area contributed by atoms with Crippen molar-refractivity contribution in [1.29, 1.82) is 0 Å². The Balaban J connectivity index is 2.49. The average Bonchev–Trinajstić information content (AvgIpc) is 2.59. The third-order valence-corrected chi connectivity index (χ3v) is 2.83. The van der Waals surface area contributed by atoms with Gasteiger partial charge in [0.2, 0.25) is 0 Å². The van der Waals surface area contributed by atoms with Gasteiger partial charge >= 0.3 is 0 Å². The van der Waals surface area contributed by atoms with Crippen LogP contribution in [0.1, 0.15) is 11.3 Å². The van der Waals surface area contributed by atoms with Gasteiger partial charge in [-0.2, -0.15) is 5.10 Å². The molecular formula is C11H11BrN2O. The van der Waals surface area contributed by atoms with E-state index in [4.69, 9.17) is 5.11 Å². The van der Waals surface area contributed by atoms with Crippen LogP contribution in [0.3, 0.4) is 0 Å². The van der Waals surface area contributed by atoms with Gasteiger partial charge in [0.1, 0.15) is 0 Å². The topological polar surface area (TPSA) is 38.1 Å².